The number of aromatic nitrogens is 2. The third-order valence-electron chi connectivity index (χ3n) is 4.72. The largest absolute Gasteiger partial charge is 0.493 e. The summed E-state index contributed by atoms with van der Waals surface area (Å²) in [6.45, 7) is 2.33. The van der Waals surface area contributed by atoms with Gasteiger partial charge in [-0.1, -0.05) is 36.8 Å². The van der Waals surface area contributed by atoms with E-state index in [0.717, 1.165) is 18.4 Å². The predicted octanol–water partition coefficient (Wildman–Crippen LogP) is 3.48. The van der Waals surface area contributed by atoms with E-state index in [1.165, 1.54) is 29.5 Å². The van der Waals surface area contributed by atoms with Crippen molar-refractivity contribution in [3.8, 4) is 11.5 Å². The van der Waals surface area contributed by atoms with Crippen LogP contribution in [0.1, 0.15) is 40.7 Å². The van der Waals surface area contributed by atoms with Gasteiger partial charge in [0.2, 0.25) is 15.2 Å². The third-order valence-corrected chi connectivity index (χ3v) is 7.02. The summed E-state index contributed by atoms with van der Waals surface area (Å²) in [6, 6.07) is 11.5. The molecule has 11 heteroatoms. The minimum atomic E-state index is -3.68. The number of hydrogen-bond donors (Lipinski definition) is 2. The Morgan fingerprint density at radius 1 is 1.06 bits per heavy atom. The number of carbonyl (C=O) groups excluding carboxylic acids is 1. The van der Waals surface area contributed by atoms with Crippen LogP contribution in [-0.2, 0) is 16.4 Å². The fourth-order valence-electron chi connectivity index (χ4n) is 2.98. The summed E-state index contributed by atoms with van der Waals surface area (Å²) >= 11 is 1.24. The lowest BCUT2D eigenvalue weighted by atomic mass is 10.1. The highest BCUT2D eigenvalue weighted by atomic mass is 32.2. The average Bonchev–Trinajstić information content (AvgIpc) is 3.25. The van der Waals surface area contributed by atoms with E-state index in [9.17, 15) is 13.2 Å². The van der Waals surface area contributed by atoms with Gasteiger partial charge in [0.1, 0.15) is 5.01 Å². The number of amides is 1. The molecule has 0 atom stereocenters. The number of nitrogens with one attached hydrogen (secondary N) is 2. The van der Waals surface area contributed by atoms with Gasteiger partial charge in [-0.3, -0.25) is 10.1 Å². The first-order chi connectivity index (χ1) is 15.9. The average molecular weight is 491 g/mol. The minimum Gasteiger partial charge on any atom is -0.493 e. The minimum absolute atomic E-state index is 0.0395. The molecule has 0 radical (unpaired) electrons. The van der Waals surface area contributed by atoms with E-state index in [4.69, 9.17) is 9.47 Å². The van der Waals surface area contributed by atoms with Crippen molar-refractivity contribution in [2.24, 2.45) is 0 Å². The predicted molar refractivity (Wildman–Crippen MR) is 127 cm³/mol. The number of ether oxygens (including phenoxy) is 2. The highest BCUT2D eigenvalue weighted by Gasteiger charge is 2.17. The zero-order valence-electron chi connectivity index (χ0n) is 18.6. The number of sulfonamides is 1. The number of nitrogens with zero attached hydrogens (tertiary/aromatic N) is 2. The molecular weight excluding hydrogens is 464 g/mol. The Morgan fingerprint density at radius 3 is 2.58 bits per heavy atom. The van der Waals surface area contributed by atoms with Crippen LogP contribution in [0.5, 0.6) is 11.5 Å². The number of anilines is 1. The smallest absolute Gasteiger partial charge is 0.257 e. The zero-order valence-corrected chi connectivity index (χ0v) is 20.3. The molecule has 0 saturated heterocycles. The van der Waals surface area contributed by atoms with Gasteiger partial charge in [-0.15, -0.1) is 10.2 Å². The van der Waals surface area contributed by atoms with Gasteiger partial charge in [0, 0.05) is 18.5 Å². The molecule has 0 aliphatic carbocycles. The highest BCUT2D eigenvalue weighted by molar-refractivity contribution is 7.89. The first-order valence-corrected chi connectivity index (χ1v) is 12.6. The monoisotopic (exact) mass is 490 g/mol. The highest BCUT2D eigenvalue weighted by Crippen LogP contribution is 2.29. The van der Waals surface area contributed by atoms with Gasteiger partial charge in [0.15, 0.2) is 11.5 Å². The third kappa shape index (κ3) is 6.50. The van der Waals surface area contributed by atoms with E-state index in [1.807, 2.05) is 25.1 Å². The lowest BCUT2D eigenvalue weighted by Gasteiger charge is -2.08. The summed E-state index contributed by atoms with van der Waals surface area (Å²) in [6.07, 6.45) is 2.12. The van der Waals surface area contributed by atoms with Gasteiger partial charge in [-0.25, -0.2) is 13.1 Å². The Hall–Kier alpha value is -3.02. The van der Waals surface area contributed by atoms with Crippen LogP contribution >= 0.6 is 11.3 Å². The van der Waals surface area contributed by atoms with E-state index in [1.54, 1.807) is 20.3 Å². The Labute approximate surface area is 197 Å². The van der Waals surface area contributed by atoms with E-state index in [0.29, 0.717) is 34.6 Å². The number of benzene rings is 2. The topological polar surface area (TPSA) is 120 Å². The second-order valence-corrected chi connectivity index (χ2v) is 9.93. The van der Waals surface area contributed by atoms with E-state index in [2.05, 4.69) is 20.2 Å². The molecule has 33 heavy (non-hydrogen) atoms. The van der Waals surface area contributed by atoms with Gasteiger partial charge < -0.3 is 9.47 Å². The molecule has 1 heterocycles. The second-order valence-electron chi connectivity index (χ2n) is 7.10. The Morgan fingerprint density at radius 2 is 1.85 bits per heavy atom. The summed E-state index contributed by atoms with van der Waals surface area (Å²) in [4.78, 5) is 12.7. The van der Waals surface area contributed by atoms with Crippen LogP contribution in [0.4, 0.5) is 5.13 Å². The van der Waals surface area contributed by atoms with Crippen LogP contribution in [0.3, 0.4) is 0 Å². The van der Waals surface area contributed by atoms with Crippen molar-refractivity contribution in [3.63, 3.8) is 0 Å². The molecule has 9 nitrogen and oxygen atoms in total. The van der Waals surface area contributed by atoms with Gasteiger partial charge in [0.25, 0.3) is 5.91 Å². The Bertz CT molecular complexity index is 1210. The molecule has 0 fully saturated rings. The first kappa shape index (κ1) is 24.6. The zero-order chi connectivity index (χ0) is 23.8. The van der Waals surface area contributed by atoms with Crippen molar-refractivity contribution in [2.45, 2.75) is 31.1 Å². The van der Waals surface area contributed by atoms with Crippen LogP contribution in [0.2, 0.25) is 0 Å². The molecule has 176 valence electrons. The van der Waals surface area contributed by atoms with E-state index < -0.39 is 15.9 Å². The lowest BCUT2D eigenvalue weighted by molar-refractivity contribution is 0.102. The van der Waals surface area contributed by atoms with Crippen LogP contribution in [-0.4, -0.2) is 45.3 Å². The van der Waals surface area contributed by atoms with Crippen molar-refractivity contribution in [2.75, 3.05) is 26.1 Å². The van der Waals surface area contributed by atoms with Gasteiger partial charge >= 0.3 is 0 Å². The fraction of sp³-hybridized carbons (Fsp3) is 0.318. The SMILES string of the molecule is CCCCNS(=O)(=O)c1cccc(C(=O)Nc2nnc(Cc3ccc(OC)c(OC)c3)s2)c1. The quantitative estimate of drug-likeness (QED) is 0.395. The fourth-order valence-corrected chi connectivity index (χ4v) is 4.87. The van der Waals surface area contributed by atoms with Crippen molar-refractivity contribution in [1.82, 2.24) is 14.9 Å². The second kappa shape index (κ2) is 11.2. The molecule has 1 amide bonds. The standard InChI is InChI=1S/C22H26N4O5S2/c1-4-5-11-23-33(28,29)17-8-6-7-16(14-17)21(27)24-22-26-25-20(32-22)13-15-9-10-18(30-2)19(12-15)31-3/h6-10,12,14,23H,4-5,11,13H2,1-3H3,(H,24,26,27). The molecule has 0 unspecified atom stereocenters. The molecule has 0 spiro atoms. The lowest BCUT2D eigenvalue weighted by Crippen LogP contribution is -2.25. The molecule has 3 rings (SSSR count). The first-order valence-electron chi connectivity index (χ1n) is 10.3. The number of rotatable bonds is 11. The molecule has 2 aromatic carbocycles. The Kier molecular flexibility index (Phi) is 8.37. The van der Waals surface area contributed by atoms with Gasteiger partial charge in [-0.05, 0) is 42.3 Å². The van der Waals surface area contributed by atoms with E-state index in [-0.39, 0.29) is 10.5 Å². The summed E-state index contributed by atoms with van der Waals surface area (Å²) in [5, 5.41) is 11.9. The maximum atomic E-state index is 12.7. The number of hydrogen-bond acceptors (Lipinski definition) is 8. The number of methoxy groups -OCH3 is 2. The number of carbonyl (C=O) groups is 1. The van der Waals surface area contributed by atoms with Crippen molar-refractivity contribution < 1.29 is 22.7 Å². The van der Waals surface area contributed by atoms with Crippen molar-refractivity contribution in [1.29, 1.82) is 0 Å². The normalized spacial score (nSPS) is 11.2. The van der Waals surface area contributed by atoms with Crippen LogP contribution in [0, 0.1) is 0 Å². The molecule has 0 bridgehead atoms. The van der Waals surface area contributed by atoms with Crippen LogP contribution in [0.25, 0.3) is 0 Å². The molecule has 0 aliphatic rings. The van der Waals surface area contributed by atoms with E-state index >= 15 is 0 Å². The van der Waals surface area contributed by atoms with Gasteiger partial charge in [-0.2, -0.15) is 0 Å². The molecule has 0 aliphatic heterocycles. The van der Waals surface area contributed by atoms with Crippen molar-refractivity contribution >= 4 is 32.4 Å². The van der Waals surface area contributed by atoms with Crippen LogP contribution in [0.15, 0.2) is 47.4 Å². The summed E-state index contributed by atoms with van der Waals surface area (Å²) in [5.74, 6) is 0.790. The molecule has 2 N–H and O–H groups in total. The van der Waals surface area contributed by atoms with Crippen molar-refractivity contribution in [3.05, 3.63) is 58.6 Å². The maximum absolute atomic E-state index is 12.7. The Balaban J connectivity index is 1.67. The summed E-state index contributed by atoms with van der Waals surface area (Å²) < 4.78 is 37.9. The van der Waals surface area contributed by atoms with Gasteiger partial charge in [0.05, 0.1) is 19.1 Å². The maximum Gasteiger partial charge on any atom is 0.257 e. The molecular formula is C22H26N4O5S2. The summed E-state index contributed by atoms with van der Waals surface area (Å²) in [5.41, 5.74) is 1.17. The summed E-state index contributed by atoms with van der Waals surface area (Å²) in [7, 11) is -0.531. The molecule has 1 aromatic heterocycles. The number of unbranched alkanes of at least 4 members (excludes halogenated alkanes) is 1. The molecule has 0 saturated carbocycles. The molecule has 3 aromatic rings. The van der Waals surface area contributed by atoms with Crippen LogP contribution < -0.4 is 19.5 Å².